The summed E-state index contributed by atoms with van der Waals surface area (Å²) in [6.07, 6.45) is 8.24. The highest BCUT2D eigenvalue weighted by Gasteiger charge is 2.51. The van der Waals surface area contributed by atoms with Crippen molar-refractivity contribution in [3.05, 3.63) is 35.9 Å². The number of methoxy groups -OCH3 is 1. The number of imide groups is 1. The number of carbonyl (C=O) groups excluding carboxylic acids is 2. The number of hydrogen-bond donors (Lipinski definition) is 2. The molecule has 0 aliphatic carbocycles. The van der Waals surface area contributed by atoms with E-state index in [1.165, 1.54) is 4.90 Å². The number of amides is 3. The number of benzene rings is 1. The molecule has 176 valence electrons. The highest BCUT2D eigenvalue weighted by Crippen LogP contribution is 2.36. The lowest BCUT2D eigenvalue weighted by atomic mass is 10.1. The van der Waals surface area contributed by atoms with Crippen molar-refractivity contribution < 1.29 is 33.2 Å². The molecule has 0 saturated carbocycles. The fourth-order valence-corrected chi connectivity index (χ4v) is 4.02. The van der Waals surface area contributed by atoms with Crippen LogP contribution in [0.15, 0.2) is 35.3 Å². The van der Waals surface area contributed by atoms with Gasteiger partial charge in [-0.15, -0.1) is 6.42 Å². The maximum Gasteiger partial charge on any atom is 0.469 e. The molecule has 0 bridgehead atoms. The van der Waals surface area contributed by atoms with E-state index in [4.69, 9.17) is 20.9 Å². The van der Waals surface area contributed by atoms with Gasteiger partial charge in [0.05, 0.1) is 20.3 Å². The van der Waals surface area contributed by atoms with Crippen LogP contribution < -0.4 is 4.74 Å². The van der Waals surface area contributed by atoms with Crippen molar-refractivity contribution in [1.82, 2.24) is 14.7 Å². The number of hydrogen-bond acceptors (Lipinski definition) is 7. The van der Waals surface area contributed by atoms with Gasteiger partial charge in [-0.2, -0.15) is 0 Å². The number of terminal acetylenes is 1. The number of rotatable bonds is 9. The summed E-state index contributed by atoms with van der Waals surface area (Å²) in [6, 6.07) is 6.02. The molecular formula is C21H25N4O7P. The average Bonchev–Trinajstić information content (AvgIpc) is 3.10. The Bertz CT molecular complexity index is 1060. The van der Waals surface area contributed by atoms with Crippen LogP contribution in [-0.4, -0.2) is 88.3 Å². The summed E-state index contributed by atoms with van der Waals surface area (Å²) in [6.45, 7) is -0.394. The third kappa shape index (κ3) is 5.61. The number of nitrogens with zero attached hydrogens (tertiary/aromatic N) is 4. The first-order valence-electron chi connectivity index (χ1n) is 10.0. The van der Waals surface area contributed by atoms with Crippen LogP contribution >= 0.6 is 7.82 Å². The molecule has 0 radical (unpaired) electrons. The molecule has 11 nitrogen and oxygen atoms in total. The fraction of sp³-hybridized carbons (Fsp3) is 0.381. The lowest BCUT2D eigenvalue weighted by Gasteiger charge is -2.41. The summed E-state index contributed by atoms with van der Waals surface area (Å²) in [4.78, 5) is 52.3. The van der Waals surface area contributed by atoms with E-state index in [1.54, 1.807) is 25.1 Å². The first kappa shape index (κ1) is 24.5. The predicted octanol–water partition coefficient (Wildman–Crippen LogP) is 1.14. The number of carbonyl (C=O) groups is 2. The molecule has 0 aromatic heterocycles. The second kappa shape index (κ2) is 10.2. The summed E-state index contributed by atoms with van der Waals surface area (Å²) in [5.41, 5.74) is 0.864. The molecule has 3 rings (SSSR count). The molecule has 12 heteroatoms. The van der Waals surface area contributed by atoms with Gasteiger partial charge >= 0.3 is 13.9 Å². The Morgan fingerprint density at radius 2 is 2.06 bits per heavy atom. The number of ether oxygens (including phenoxy) is 1. The molecule has 1 saturated heterocycles. The van der Waals surface area contributed by atoms with Crippen molar-refractivity contribution in [3.63, 3.8) is 0 Å². The Morgan fingerprint density at radius 1 is 1.30 bits per heavy atom. The summed E-state index contributed by atoms with van der Waals surface area (Å²) >= 11 is 0. The summed E-state index contributed by atoms with van der Waals surface area (Å²) in [5.74, 6) is 3.05. The lowest BCUT2D eigenvalue weighted by Crippen LogP contribution is -2.65. The van der Waals surface area contributed by atoms with Crippen molar-refractivity contribution >= 4 is 31.7 Å². The van der Waals surface area contributed by atoms with Crippen LogP contribution in [0, 0.1) is 12.3 Å². The molecular weight excluding hydrogens is 451 g/mol. The van der Waals surface area contributed by atoms with Gasteiger partial charge in [0.25, 0.3) is 5.91 Å². The lowest BCUT2D eigenvalue weighted by molar-refractivity contribution is -0.136. The number of phosphoric acid groups is 1. The molecule has 0 spiro atoms. The first-order chi connectivity index (χ1) is 15.7. The minimum absolute atomic E-state index is 0.0680. The Hall–Kier alpha value is -3.16. The Morgan fingerprint density at radius 3 is 2.73 bits per heavy atom. The van der Waals surface area contributed by atoms with Crippen LogP contribution in [0.2, 0.25) is 0 Å². The first-order valence-corrected chi connectivity index (χ1v) is 11.6. The van der Waals surface area contributed by atoms with Gasteiger partial charge in [-0.05, 0) is 30.2 Å². The minimum Gasteiger partial charge on any atom is -0.497 e. The highest BCUT2D eigenvalue weighted by atomic mass is 31.2. The maximum absolute atomic E-state index is 13.0. The molecule has 2 atom stereocenters. The molecule has 2 aliphatic rings. The van der Waals surface area contributed by atoms with Crippen LogP contribution in [-0.2, 0) is 13.9 Å². The van der Waals surface area contributed by atoms with Crippen molar-refractivity contribution in [2.24, 2.45) is 4.99 Å². The molecule has 1 aromatic carbocycles. The fourth-order valence-electron chi connectivity index (χ4n) is 3.65. The number of aliphatic imine (C=N–C) groups is 1. The van der Waals surface area contributed by atoms with Gasteiger partial charge in [0, 0.05) is 13.6 Å². The second-order valence-electron chi connectivity index (χ2n) is 7.35. The molecule has 2 N–H and O–H groups in total. The monoisotopic (exact) mass is 476 g/mol. The van der Waals surface area contributed by atoms with Crippen molar-refractivity contribution in [1.29, 1.82) is 0 Å². The smallest absolute Gasteiger partial charge is 0.469 e. The number of urea groups is 1. The zero-order valence-electron chi connectivity index (χ0n) is 18.2. The molecule has 1 aromatic rings. The van der Waals surface area contributed by atoms with Gasteiger partial charge in [-0.25, -0.2) is 14.4 Å². The normalized spacial score (nSPS) is 20.8. The van der Waals surface area contributed by atoms with E-state index in [-0.39, 0.29) is 26.1 Å². The van der Waals surface area contributed by atoms with Gasteiger partial charge in [-0.1, -0.05) is 24.1 Å². The van der Waals surface area contributed by atoms with Crippen LogP contribution in [0.4, 0.5) is 4.79 Å². The molecule has 3 amide bonds. The quantitative estimate of drug-likeness (QED) is 0.308. The third-order valence-electron chi connectivity index (χ3n) is 5.21. The second-order valence-corrected chi connectivity index (χ2v) is 8.59. The van der Waals surface area contributed by atoms with Crippen LogP contribution in [0.5, 0.6) is 5.75 Å². The average molecular weight is 476 g/mol. The van der Waals surface area contributed by atoms with E-state index in [0.717, 1.165) is 10.5 Å². The number of phosphoric ester groups is 1. The Labute approximate surface area is 191 Å². The van der Waals surface area contributed by atoms with E-state index in [2.05, 4.69) is 15.4 Å². The number of likely N-dealkylation sites (N-methyl/N-ethyl adjacent to an activating group) is 1. The number of amidine groups is 1. The van der Waals surface area contributed by atoms with Crippen molar-refractivity contribution in [2.45, 2.75) is 18.6 Å². The number of fused-ring (bicyclic) bond motifs is 1. The maximum atomic E-state index is 13.0. The minimum atomic E-state index is -4.62. The molecule has 1 fully saturated rings. The van der Waals surface area contributed by atoms with E-state index < -0.39 is 32.0 Å². The zero-order chi connectivity index (χ0) is 24.2. The zero-order valence-corrected chi connectivity index (χ0v) is 19.1. The molecule has 2 unspecified atom stereocenters. The van der Waals surface area contributed by atoms with Gasteiger partial charge < -0.3 is 19.4 Å². The topological polar surface area (TPSA) is 132 Å². The van der Waals surface area contributed by atoms with E-state index >= 15 is 0 Å². The molecule has 2 aliphatic heterocycles. The molecule has 2 heterocycles. The SMILES string of the molecule is C#CCN1C(=O)C2C(N=C(C=Cc3cccc(OC)c3)N2C)N(CCCOP(=O)(O)O)C1=O. The summed E-state index contributed by atoms with van der Waals surface area (Å²) in [5, 5.41) is 0. The standard InChI is InChI=1S/C21H25N4O7P/c1-4-11-25-20(26)18-19(24(21(25)27)12-6-13-32-33(28,29)30)22-17(23(18)2)10-9-15-7-5-8-16(14-15)31-3/h1,5,7-10,14,18-19H,6,11-13H2,2-3H3,(H2,28,29,30). The largest absolute Gasteiger partial charge is 0.497 e. The van der Waals surface area contributed by atoms with E-state index in [1.807, 2.05) is 30.3 Å². The van der Waals surface area contributed by atoms with Gasteiger partial charge in [0.15, 0.2) is 12.2 Å². The van der Waals surface area contributed by atoms with Crippen LogP contribution in [0.3, 0.4) is 0 Å². The predicted molar refractivity (Wildman–Crippen MR) is 120 cm³/mol. The third-order valence-corrected chi connectivity index (χ3v) is 5.73. The van der Waals surface area contributed by atoms with Crippen molar-refractivity contribution in [2.75, 3.05) is 33.9 Å². The van der Waals surface area contributed by atoms with Gasteiger partial charge in [0.2, 0.25) is 0 Å². The molecule has 33 heavy (non-hydrogen) atoms. The highest BCUT2D eigenvalue weighted by molar-refractivity contribution is 7.46. The van der Waals surface area contributed by atoms with Gasteiger partial charge in [-0.3, -0.25) is 19.1 Å². The van der Waals surface area contributed by atoms with Crippen LogP contribution in [0.25, 0.3) is 6.08 Å². The van der Waals surface area contributed by atoms with E-state index in [0.29, 0.717) is 11.6 Å². The van der Waals surface area contributed by atoms with Gasteiger partial charge in [0.1, 0.15) is 11.6 Å². The van der Waals surface area contributed by atoms with Crippen molar-refractivity contribution in [3.8, 4) is 18.1 Å². The Kier molecular flexibility index (Phi) is 7.56. The Balaban J connectivity index is 1.83. The van der Waals surface area contributed by atoms with E-state index in [9.17, 15) is 14.2 Å². The van der Waals surface area contributed by atoms with Crippen LogP contribution in [0.1, 0.15) is 12.0 Å². The summed E-state index contributed by atoms with van der Waals surface area (Å²) < 4.78 is 20.6. The summed E-state index contributed by atoms with van der Waals surface area (Å²) in [7, 11) is -1.34.